The van der Waals surface area contributed by atoms with Gasteiger partial charge >= 0.3 is 0 Å². The summed E-state index contributed by atoms with van der Waals surface area (Å²) in [6, 6.07) is 0. The maximum Gasteiger partial charge on any atom is 0.191 e. The highest BCUT2D eigenvalue weighted by molar-refractivity contribution is 5.79. The quantitative estimate of drug-likeness (QED) is 0.505. The van der Waals surface area contributed by atoms with Crippen molar-refractivity contribution in [2.24, 2.45) is 10.9 Å². The van der Waals surface area contributed by atoms with Crippen LogP contribution in [0.3, 0.4) is 0 Å². The first-order valence-corrected chi connectivity index (χ1v) is 9.01. The van der Waals surface area contributed by atoms with Crippen LogP contribution in [-0.4, -0.2) is 63.3 Å². The summed E-state index contributed by atoms with van der Waals surface area (Å²) in [6.45, 7) is 12.1. The van der Waals surface area contributed by atoms with E-state index in [4.69, 9.17) is 9.73 Å². The summed E-state index contributed by atoms with van der Waals surface area (Å²) in [5, 5.41) is 6.77. The van der Waals surface area contributed by atoms with E-state index in [1.54, 1.807) is 0 Å². The Morgan fingerprint density at radius 2 is 2.14 bits per heavy atom. The Labute approximate surface area is 136 Å². The molecule has 1 rings (SSSR count). The van der Waals surface area contributed by atoms with E-state index in [9.17, 15) is 0 Å². The maximum absolute atomic E-state index is 5.79. The minimum Gasteiger partial charge on any atom is -0.374 e. The van der Waals surface area contributed by atoms with Crippen molar-refractivity contribution in [2.45, 2.75) is 52.6 Å². The van der Waals surface area contributed by atoms with Gasteiger partial charge in [0.25, 0.3) is 0 Å². The Kier molecular flexibility index (Phi) is 10.2. The molecule has 0 aliphatic carbocycles. The van der Waals surface area contributed by atoms with Crippen LogP contribution in [0.25, 0.3) is 0 Å². The molecule has 130 valence electrons. The molecule has 0 saturated carbocycles. The van der Waals surface area contributed by atoms with Crippen molar-refractivity contribution in [1.29, 1.82) is 0 Å². The van der Waals surface area contributed by atoms with E-state index in [1.807, 2.05) is 0 Å². The Morgan fingerprint density at radius 1 is 1.32 bits per heavy atom. The molecule has 0 bridgehead atoms. The van der Waals surface area contributed by atoms with E-state index >= 15 is 0 Å². The minimum atomic E-state index is 0.254. The number of unbranched alkanes of at least 4 members (excludes halogenated alkanes) is 1. The molecule has 0 aromatic rings. The summed E-state index contributed by atoms with van der Waals surface area (Å²) >= 11 is 0. The standard InChI is InChI=1S/C17H36N4O/c1-5-8-9-15(6-2)12-19-17(18-7-3)20-13-16-14-21(4)10-11-22-16/h15-16H,5-14H2,1-4H3,(H2,18,19,20). The molecule has 2 unspecified atom stereocenters. The fourth-order valence-electron chi connectivity index (χ4n) is 2.68. The number of nitrogens with zero attached hydrogens (tertiary/aromatic N) is 2. The molecule has 0 aromatic heterocycles. The fourth-order valence-corrected chi connectivity index (χ4v) is 2.68. The monoisotopic (exact) mass is 312 g/mol. The van der Waals surface area contributed by atoms with Gasteiger partial charge in [-0.05, 0) is 26.3 Å². The van der Waals surface area contributed by atoms with Crippen molar-refractivity contribution < 1.29 is 4.74 Å². The van der Waals surface area contributed by atoms with Gasteiger partial charge in [0, 0.05) is 32.7 Å². The van der Waals surface area contributed by atoms with E-state index in [2.05, 4.69) is 43.4 Å². The SMILES string of the molecule is CCCCC(CC)CN=C(NCC)NCC1CN(C)CCO1. The van der Waals surface area contributed by atoms with Crippen molar-refractivity contribution in [1.82, 2.24) is 15.5 Å². The lowest BCUT2D eigenvalue weighted by Gasteiger charge is -2.30. The average Bonchev–Trinajstić information content (AvgIpc) is 2.52. The van der Waals surface area contributed by atoms with Crippen LogP contribution in [0.1, 0.15) is 46.5 Å². The summed E-state index contributed by atoms with van der Waals surface area (Å²) in [5.74, 6) is 1.63. The number of rotatable bonds is 9. The van der Waals surface area contributed by atoms with Crippen LogP contribution in [0.15, 0.2) is 4.99 Å². The van der Waals surface area contributed by atoms with Gasteiger partial charge in [-0.2, -0.15) is 0 Å². The molecule has 1 heterocycles. The third-order valence-corrected chi connectivity index (χ3v) is 4.23. The number of hydrogen-bond donors (Lipinski definition) is 2. The van der Waals surface area contributed by atoms with Gasteiger partial charge < -0.3 is 20.3 Å². The molecule has 5 heteroatoms. The van der Waals surface area contributed by atoms with Gasteiger partial charge in [-0.15, -0.1) is 0 Å². The molecule has 1 aliphatic heterocycles. The van der Waals surface area contributed by atoms with Crippen LogP contribution in [0.4, 0.5) is 0 Å². The molecule has 1 saturated heterocycles. The van der Waals surface area contributed by atoms with E-state index in [-0.39, 0.29) is 6.10 Å². The Balaban J connectivity index is 2.40. The maximum atomic E-state index is 5.79. The largest absolute Gasteiger partial charge is 0.374 e. The number of likely N-dealkylation sites (N-methyl/N-ethyl adjacent to an activating group) is 1. The molecular weight excluding hydrogens is 276 g/mol. The van der Waals surface area contributed by atoms with Gasteiger partial charge in [0.1, 0.15) is 0 Å². The van der Waals surface area contributed by atoms with Gasteiger partial charge in [-0.3, -0.25) is 4.99 Å². The minimum absolute atomic E-state index is 0.254. The Hall–Kier alpha value is -0.810. The molecule has 5 nitrogen and oxygen atoms in total. The Morgan fingerprint density at radius 3 is 2.77 bits per heavy atom. The van der Waals surface area contributed by atoms with E-state index in [0.29, 0.717) is 5.92 Å². The number of aliphatic imine (C=N–C) groups is 1. The smallest absolute Gasteiger partial charge is 0.191 e. The van der Waals surface area contributed by atoms with Gasteiger partial charge in [0.2, 0.25) is 0 Å². The predicted octanol–water partition coefficient (Wildman–Crippen LogP) is 2.09. The molecule has 22 heavy (non-hydrogen) atoms. The van der Waals surface area contributed by atoms with Gasteiger partial charge in [0.05, 0.1) is 12.7 Å². The first kappa shape index (κ1) is 19.2. The van der Waals surface area contributed by atoms with Gasteiger partial charge in [0.15, 0.2) is 5.96 Å². The molecule has 0 spiro atoms. The fraction of sp³-hybridized carbons (Fsp3) is 0.941. The van der Waals surface area contributed by atoms with Gasteiger partial charge in [-0.1, -0.05) is 33.1 Å². The number of ether oxygens (including phenoxy) is 1. The van der Waals surface area contributed by atoms with Crippen LogP contribution < -0.4 is 10.6 Å². The molecule has 0 amide bonds. The molecule has 2 N–H and O–H groups in total. The third kappa shape index (κ3) is 7.99. The second-order valence-corrected chi connectivity index (χ2v) is 6.27. The average molecular weight is 313 g/mol. The second kappa shape index (κ2) is 11.7. The topological polar surface area (TPSA) is 48.9 Å². The van der Waals surface area contributed by atoms with Crippen LogP contribution in [0, 0.1) is 5.92 Å². The Bertz CT molecular complexity index is 309. The predicted molar refractivity (Wildman–Crippen MR) is 94.5 cm³/mol. The molecule has 1 aliphatic rings. The van der Waals surface area contributed by atoms with Crippen LogP contribution in [0.5, 0.6) is 0 Å². The van der Waals surface area contributed by atoms with Crippen LogP contribution in [-0.2, 0) is 4.74 Å². The molecule has 0 aromatic carbocycles. The number of nitrogens with one attached hydrogen (secondary N) is 2. The lowest BCUT2D eigenvalue weighted by Crippen LogP contribution is -2.48. The zero-order valence-electron chi connectivity index (χ0n) is 15.0. The molecule has 1 fully saturated rings. The van der Waals surface area contributed by atoms with Crippen molar-refractivity contribution >= 4 is 5.96 Å². The van der Waals surface area contributed by atoms with Crippen molar-refractivity contribution in [2.75, 3.05) is 46.4 Å². The summed E-state index contributed by atoms with van der Waals surface area (Å²) in [6.07, 6.45) is 5.32. The van der Waals surface area contributed by atoms with E-state index in [1.165, 1.54) is 25.7 Å². The highest BCUT2D eigenvalue weighted by Crippen LogP contribution is 2.12. The second-order valence-electron chi connectivity index (χ2n) is 6.27. The summed E-state index contributed by atoms with van der Waals surface area (Å²) in [4.78, 5) is 7.08. The highest BCUT2D eigenvalue weighted by atomic mass is 16.5. The zero-order valence-corrected chi connectivity index (χ0v) is 15.0. The summed E-state index contributed by atoms with van der Waals surface area (Å²) in [7, 11) is 2.15. The van der Waals surface area contributed by atoms with Crippen molar-refractivity contribution in [3.63, 3.8) is 0 Å². The first-order valence-electron chi connectivity index (χ1n) is 9.01. The van der Waals surface area contributed by atoms with Crippen molar-refractivity contribution in [3.05, 3.63) is 0 Å². The highest BCUT2D eigenvalue weighted by Gasteiger charge is 2.17. The zero-order chi connectivity index (χ0) is 16.2. The van der Waals surface area contributed by atoms with E-state index in [0.717, 1.165) is 45.3 Å². The molecule has 0 radical (unpaired) electrons. The lowest BCUT2D eigenvalue weighted by atomic mass is 10.00. The summed E-state index contributed by atoms with van der Waals surface area (Å²) in [5.41, 5.74) is 0. The molecule has 2 atom stereocenters. The number of hydrogen-bond acceptors (Lipinski definition) is 3. The van der Waals surface area contributed by atoms with Gasteiger partial charge in [-0.25, -0.2) is 0 Å². The summed E-state index contributed by atoms with van der Waals surface area (Å²) < 4.78 is 5.79. The van der Waals surface area contributed by atoms with Crippen LogP contribution in [0.2, 0.25) is 0 Å². The van der Waals surface area contributed by atoms with Crippen LogP contribution >= 0.6 is 0 Å². The number of morpholine rings is 1. The van der Waals surface area contributed by atoms with E-state index < -0.39 is 0 Å². The normalized spacial score (nSPS) is 21.6. The number of guanidine groups is 1. The third-order valence-electron chi connectivity index (χ3n) is 4.23. The van der Waals surface area contributed by atoms with Crippen molar-refractivity contribution in [3.8, 4) is 0 Å². The molecular formula is C17H36N4O. The lowest BCUT2D eigenvalue weighted by molar-refractivity contribution is -0.0161. The first-order chi connectivity index (χ1) is 10.7.